The van der Waals surface area contributed by atoms with Gasteiger partial charge in [-0.3, -0.25) is 0 Å². The maximum Gasteiger partial charge on any atom is 0.343 e. The quantitative estimate of drug-likeness (QED) is 0.575. The summed E-state index contributed by atoms with van der Waals surface area (Å²) < 4.78 is 0. The second kappa shape index (κ2) is 4.52. The molecule has 0 bridgehead atoms. The van der Waals surface area contributed by atoms with Gasteiger partial charge in [-0.05, 0) is 12.5 Å². The minimum Gasteiger partial charge on any atom is -0.479 e. The third-order valence-electron chi connectivity index (χ3n) is 2.45. The van der Waals surface area contributed by atoms with Gasteiger partial charge in [0, 0.05) is 0 Å². The van der Waals surface area contributed by atoms with Crippen molar-refractivity contribution in [3.05, 3.63) is 35.4 Å². The summed E-state index contributed by atoms with van der Waals surface area (Å²) in [4.78, 5) is 21.6. The van der Waals surface area contributed by atoms with Crippen LogP contribution in [0, 0.1) is 6.92 Å². The highest BCUT2D eigenvalue weighted by molar-refractivity contribution is 5.88. The number of carboxylic acid groups (broad SMARTS) is 2. The topological polar surface area (TPSA) is 115 Å². The fourth-order valence-corrected chi connectivity index (χ4v) is 1.38. The summed E-state index contributed by atoms with van der Waals surface area (Å²) in [6.45, 7) is 1.75. The molecule has 0 fully saturated rings. The van der Waals surface area contributed by atoms with Crippen molar-refractivity contribution in [3.63, 3.8) is 0 Å². The number of aliphatic carboxylic acids is 2. The zero-order valence-corrected chi connectivity index (χ0v) is 8.99. The van der Waals surface area contributed by atoms with Gasteiger partial charge in [0.15, 0.2) is 6.10 Å². The fourth-order valence-electron chi connectivity index (χ4n) is 1.38. The lowest BCUT2D eigenvalue weighted by Gasteiger charge is -2.26. The molecule has 4 N–H and O–H groups in total. The number of hydrogen-bond acceptors (Lipinski definition) is 4. The van der Waals surface area contributed by atoms with Crippen LogP contribution in [0.4, 0.5) is 0 Å². The molecule has 0 heterocycles. The Balaban J connectivity index is 3.30. The van der Waals surface area contributed by atoms with Gasteiger partial charge in [0.1, 0.15) is 0 Å². The van der Waals surface area contributed by atoms with Crippen molar-refractivity contribution < 1.29 is 30.0 Å². The molecule has 1 aromatic rings. The Kier molecular flexibility index (Phi) is 3.50. The molecular formula is C11H12O6. The molecule has 0 aromatic heterocycles. The number of hydrogen-bond donors (Lipinski definition) is 4. The lowest BCUT2D eigenvalue weighted by molar-refractivity contribution is -0.185. The van der Waals surface area contributed by atoms with Crippen molar-refractivity contribution in [3.8, 4) is 0 Å². The first-order valence-electron chi connectivity index (χ1n) is 4.74. The van der Waals surface area contributed by atoms with Crippen LogP contribution in [0.2, 0.25) is 0 Å². The van der Waals surface area contributed by atoms with E-state index in [4.69, 9.17) is 10.2 Å². The number of benzene rings is 1. The number of aliphatic hydroxyl groups excluding tert-OH is 1. The van der Waals surface area contributed by atoms with Crippen LogP contribution in [-0.4, -0.2) is 38.5 Å². The van der Waals surface area contributed by atoms with Crippen LogP contribution < -0.4 is 0 Å². The predicted octanol–water partition coefficient (Wildman–Crippen LogP) is -0.287. The van der Waals surface area contributed by atoms with Crippen molar-refractivity contribution in [1.29, 1.82) is 0 Å². The van der Waals surface area contributed by atoms with E-state index in [2.05, 4.69) is 0 Å². The third-order valence-corrected chi connectivity index (χ3v) is 2.45. The van der Waals surface area contributed by atoms with Gasteiger partial charge in [0.25, 0.3) is 0 Å². The molecule has 92 valence electrons. The Morgan fingerprint density at radius 3 is 2.00 bits per heavy atom. The van der Waals surface area contributed by atoms with Gasteiger partial charge in [-0.2, -0.15) is 0 Å². The molecule has 2 unspecified atom stereocenters. The van der Waals surface area contributed by atoms with Gasteiger partial charge in [-0.25, -0.2) is 9.59 Å². The van der Waals surface area contributed by atoms with Crippen LogP contribution in [0.25, 0.3) is 0 Å². The SMILES string of the molecule is Cc1ccc(C(O)(C(=O)O)C(O)C(=O)O)cc1. The molecule has 0 aliphatic carbocycles. The summed E-state index contributed by atoms with van der Waals surface area (Å²) in [6, 6.07) is 5.54. The molecule has 0 radical (unpaired) electrons. The second-order valence-corrected chi connectivity index (χ2v) is 3.68. The van der Waals surface area contributed by atoms with Crippen LogP contribution in [-0.2, 0) is 15.2 Å². The van der Waals surface area contributed by atoms with Crippen LogP contribution in [0.5, 0.6) is 0 Å². The van der Waals surface area contributed by atoms with Crippen LogP contribution in [0.3, 0.4) is 0 Å². The molecule has 0 aliphatic heterocycles. The minimum absolute atomic E-state index is 0.189. The van der Waals surface area contributed by atoms with Crippen molar-refractivity contribution in [2.75, 3.05) is 0 Å². The van der Waals surface area contributed by atoms with E-state index in [1.54, 1.807) is 6.92 Å². The summed E-state index contributed by atoms with van der Waals surface area (Å²) >= 11 is 0. The molecule has 2 atom stereocenters. The number of aliphatic hydroxyl groups is 2. The summed E-state index contributed by atoms with van der Waals surface area (Å²) in [5.41, 5.74) is -2.24. The number of rotatable bonds is 4. The van der Waals surface area contributed by atoms with E-state index in [1.165, 1.54) is 24.3 Å². The standard InChI is InChI=1S/C11H12O6/c1-6-2-4-7(5-3-6)11(17,10(15)16)8(12)9(13)14/h2-5,8,12,17H,1H3,(H,13,14)(H,15,16). The zero-order chi connectivity index (χ0) is 13.2. The number of carboxylic acids is 2. The summed E-state index contributed by atoms with van der Waals surface area (Å²) in [7, 11) is 0. The monoisotopic (exact) mass is 240 g/mol. The average molecular weight is 240 g/mol. The van der Waals surface area contributed by atoms with E-state index in [0.717, 1.165) is 5.56 Å². The first kappa shape index (κ1) is 13.1. The highest BCUT2D eigenvalue weighted by Gasteiger charge is 2.49. The largest absolute Gasteiger partial charge is 0.479 e. The van der Waals surface area contributed by atoms with Crippen molar-refractivity contribution in [2.24, 2.45) is 0 Å². The van der Waals surface area contributed by atoms with E-state index in [1.807, 2.05) is 0 Å². The fraction of sp³-hybridized carbons (Fsp3) is 0.273. The Bertz CT molecular complexity index is 438. The van der Waals surface area contributed by atoms with E-state index in [9.17, 15) is 19.8 Å². The molecule has 0 amide bonds. The molecule has 17 heavy (non-hydrogen) atoms. The van der Waals surface area contributed by atoms with E-state index >= 15 is 0 Å². The van der Waals surface area contributed by atoms with Gasteiger partial charge >= 0.3 is 11.9 Å². The first-order valence-corrected chi connectivity index (χ1v) is 4.74. The van der Waals surface area contributed by atoms with Crippen LogP contribution in [0.1, 0.15) is 11.1 Å². The normalized spacial score (nSPS) is 15.9. The summed E-state index contributed by atoms with van der Waals surface area (Å²) in [5, 5.41) is 36.7. The Morgan fingerprint density at radius 1 is 1.18 bits per heavy atom. The van der Waals surface area contributed by atoms with Crippen molar-refractivity contribution >= 4 is 11.9 Å². The van der Waals surface area contributed by atoms with E-state index < -0.39 is 23.6 Å². The van der Waals surface area contributed by atoms with Gasteiger partial charge in [0.2, 0.25) is 5.60 Å². The lowest BCUT2D eigenvalue weighted by Crippen LogP contribution is -2.50. The Hall–Kier alpha value is -1.92. The van der Waals surface area contributed by atoms with Crippen LogP contribution >= 0.6 is 0 Å². The van der Waals surface area contributed by atoms with E-state index in [0.29, 0.717) is 0 Å². The molecule has 1 aromatic carbocycles. The average Bonchev–Trinajstić information content (AvgIpc) is 2.27. The molecule has 1 rings (SSSR count). The zero-order valence-electron chi connectivity index (χ0n) is 8.99. The van der Waals surface area contributed by atoms with Gasteiger partial charge in [-0.15, -0.1) is 0 Å². The molecule has 6 nitrogen and oxygen atoms in total. The molecule has 0 spiro atoms. The minimum atomic E-state index is -2.86. The van der Waals surface area contributed by atoms with Gasteiger partial charge in [0.05, 0.1) is 0 Å². The lowest BCUT2D eigenvalue weighted by atomic mass is 9.87. The summed E-state index contributed by atoms with van der Waals surface area (Å²) in [5.74, 6) is -3.63. The smallest absolute Gasteiger partial charge is 0.343 e. The molecule has 6 heteroatoms. The van der Waals surface area contributed by atoms with Crippen molar-refractivity contribution in [2.45, 2.75) is 18.6 Å². The molecule has 0 aliphatic rings. The first-order chi connectivity index (χ1) is 7.80. The van der Waals surface area contributed by atoms with Gasteiger partial charge < -0.3 is 20.4 Å². The maximum atomic E-state index is 11.0. The Morgan fingerprint density at radius 2 is 1.65 bits per heavy atom. The maximum absolute atomic E-state index is 11.0. The molecular weight excluding hydrogens is 228 g/mol. The highest BCUT2D eigenvalue weighted by atomic mass is 16.4. The highest BCUT2D eigenvalue weighted by Crippen LogP contribution is 2.26. The molecule has 0 saturated heterocycles. The third kappa shape index (κ3) is 2.27. The number of aryl methyl sites for hydroxylation is 1. The van der Waals surface area contributed by atoms with Gasteiger partial charge in [-0.1, -0.05) is 29.8 Å². The summed E-state index contributed by atoms with van der Waals surface area (Å²) in [6.07, 6.45) is -2.44. The van der Waals surface area contributed by atoms with E-state index in [-0.39, 0.29) is 5.56 Å². The Labute approximate surface area is 96.8 Å². The van der Waals surface area contributed by atoms with Crippen molar-refractivity contribution in [1.82, 2.24) is 0 Å². The predicted molar refractivity (Wildman–Crippen MR) is 56.4 cm³/mol. The second-order valence-electron chi connectivity index (χ2n) is 3.68. The number of carbonyl (C=O) groups is 2. The molecule has 0 saturated carbocycles. The van der Waals surface area contributed by atoms with Crippen LogP contribution in [0.15, 0.2) is 24.3 Å².